The topological polar surface area (TPSA) is 118 Å². The van der Waals surface area contributed by atoms with Gasteiger partial charge in [0.05, 0.1) is 11.4 Å². The minimum atomic E-state index is -3.96. The summed E-state index contributed by atoms with van der Waals surface area (Å²) in [6, 6.07) is 0.633. The van der Waals surface area contributed by atoms with Crippen LogP contribution in [0.15, 0.2) is 11.0 Å². The highest BCUT2D eigenvalue weighted by atomic mass is 32.2. The van der Waals surface area contributed by atoms with Gasteiger partial charge in [0.1, 0.15) is 4.88 Å². The maximum absolute atomic E-state index is 12.5. The summed E-state index contributed by atoms with van der Waals surface area (Å²) < 4.78 is 26.0. The number of aryl methyl sites for hydroxylation is 1. The Labute approximate surface area is 121 Å². The quantitative estimate of drug-likeness (QED) is 0.797. The van der Waals surface area contributed by atoms with Crippen LogP contribution in [0.1, 0.15) is 28.4 Å². The van der Waals surface area contributed by atoms with Gasteiger partial charge in [0, 0.05) is 10.9 Å². The number of nitrogens with two attached hydrogens (primary N) is 1. The number of primary amides is 1. The lowest BCUT2D eigenvalue weighted by molar-refractivity contribution is -0.118. The molecule has 20 heavy (non-hydrogen) atoms. The van der Waals surface area contributed by atoms with Gasteiger partial charge in [-0.15, -0.1) is 11.3 Å². The molecule has 0 radical (unpaired) electrons. The van der Waals surface area contributed by atoms with Crippen LogP contribution in [0.2, 0.25) is 0 Å². The van der Waals surface area contributed by atoms with E-state index in [1.54, 1.807) is 13.8 Å². The minimum Gasteiger partial charge on any atom is -0.477 e. The lowest BCUT2D eigenvalue weighted by Crippen LogP contribution is -2.42. The fraction of sp³-hybridized carbons (Fsp3) is 0.455. The molecule has 1 heterocycles. The molecular weight excluding hydrogens is 304 g/mol. The molecule has 0 fully saturated rings. The molecule has 3 N–H and O–H groups in total. The Morgan fingerprint density at radius 2 is 2.00 bits per heavy atom. The Morgan fingerprint density at radius 1 is 1.45 bits per heavy atom. The number of carboxylic acid groups (broad SMARTS) is 1. The average Bonchev–Trinajstić information content (AvgIpc) is 2.68. The first kappa shape index (κ1) is 16.6. The van der Waals surface area contributed by atoms with E-state index in [1.807, 2.05) is 0 Å². The summed E-state index contributed by atoms with van der Waals surface area (Å²) in [7, 11) is -3.96. The molecule has 1 aromatic rings. The number of thiophene rings is 1. The summed E-state index contributed by atoms with van der Waals surface area (Å²) in [5.74, 6) is -1.96. The zero-order valence-electron chi connectivity index (χ0n) is 11.3. The van der Waals surface area contributed by atoms with Gasteiger partial charge in [0.15, 0.2) is 0 Å². The number of sulfonamides is 1. The summed E-state index contributed by atoms with van der Waals surface area (Å²) in [4.78, 5) is 22.1. The lowest BCUT2D eigenvalue weighted by Gasteiger charge is -2.24. The maximum Gasteiger partial charge on any atom is 0.345 e. The van der Waals surface area contributed by atoms with E-state index in [2.05, 4.69) is 0 Å². The Morgan fingerprint density at radius 3 is 2.35 bits per heavy atom. The van der Waals surface area contributed by atoms with Gasteiger partial charge >= 0.3 is 5.97 Å². The SMILES string of the molecule is Cc1sc(C(=O)O)cc1S(=O)(=O)N(CC(N)=O)C(C)C. The van der Waals surface area contributed by atoms with Crippen LogP contribution >= 0.6 is 11.3 Å². The van der Waals surface area contributed by atoms with E-state index in [4.69, 9.17) is 10.8 Å². The van der Waals surface area contributed by atoms with Gasteiger partial charge in [-0.25, -0.2) is 13.2 Å². The molecule has 0 spiro atoms. The monoisotopic (exact) mass is 320 g/mol. The number of amides is 1. The average molecular weight is 320 g/mol. The van der Waals surface area contributed by atoms with Gasteiger partial charge in [-0.3, -0.25) is 4.79 Å². The zero-order chi connectivity index (χ0) is 15.7. The molecule has 9 heteroatoms. The van der Waals surface area contributed by atoms with Crippen molar-refractivity contribution in [2.45, 2.75) is 31.7 Å². The van der Waals surface area contributed by atoms with E-state index < -0.39 is 34.5 Å². The Balaban J connectivity index is 3.33. The van der Waals surface area contributed by atoms with Gasteiger partial charge in [-0.1, -0.05) is 0 Å². The van der Waals surface area contributed by atoms with Gasteiger partial charge in [0.2, 0.25) is 15.9 Å². The largest absolute Gasteiger partial charge is 0.477 e. The summed E-state index contributed by atoms with van der Waals surface area (Å²) in [5.41, 5.74) is 5.06. The van der Waals surface area contributed by atoms with E-state index in [0.717, 1.165) is 21.7 Å². The molecule has 7 nitrogen and oxygen atoms in total. The molecule has 1 rings (SSSR count). The molecule has 0 aromatic carbocycles. The molecule has 0 aliphatic carbocycles. The van der Waals surface area contributed by atoms with Crippen LogP contribution < -0.4 is 5.73 Å². The number of nitrogens with zero attached hydrogens (tertiary/aromatic N) is 1. The van der Waals surface area contributed by atoms with Crippen LogP contribution in [0.5, 0.6) is 0 Å². The Kier molecular flexibility index (Phi) is 4.90. The summed E-state index contributed by atoms with van der Waals surface area (Å²) in [6.45, 7) is 4.30. The van der Waals surface area contributed by atoms with Crippen LogP contribution in [0, 0.1) is 6.92 Å². The van der Waals surface area contributed by atoms with E-state index in [9.17, 15) is 18.0 Å². The normalized spacial score (nSPS) is 12.1. The standard InChI is InChI=1S/C11H16N2O5S2/c1-6(2)13(5-10(12)14)20(17,18)9-4-8(11(15)16)19-7(9)3/h4,6H,5H2,1-3H3,(H2,12,14)(H,15,16). The van der Waals surface area contributed by atoms with Gasteiger partial charge in [-0.05, 0) is 26.8 Å². The predicted octanol–water partition coefficient (Wildman–Crippen LogP) is 0.639. The number of carbonyl (C=O) groups excluding carboxylic acids is 1. The van der Waals surface area contributed by atoms with Crippen molar-refractivity contribution in [3.63, 3.8) is 0 Å². The van der Waals surface area contributed by atoms with Crippen LogP contribution in [-0.4, -0.2) is 42.3 Å². The first-order chi connectivity index (χ1) is 9.07. The summed E-state index contributed by atoms with van der Waals surface area (Å²) >= 11 is 0.876. The van der Waals surface area contributed by atoms with Crippen LogP contribution in [0.3, 0.4) is 0 Å². The molecule has 0 aliphatic heterocycles. The second-order valence-corrected chi connectivity index (χ2v) is 7.56. The first-order valence-electron chi connectivity index (χ1n) is 5.71. The van der Waals surface area contributed by atoms with E-state index >= 15 is 0 Å². The van der Waals surface area contributed by atoms with Crippen molar-refractivity contribution in [1.29, 1.82) is 0 Å². The van der Waals surface area contributed by atoms with Crippen molar-refractivity contribution in [2.24, 2.45) is 5.73 Å². The molecule has 0 atom stereocenters. The molecule has 1 aromatic heterocycles. The third-order valence-electron chi connectivity index (χ3n) is 2.56. The molecule has 0 bridgehead atoms. The molecule has 0 saturated carbocycles. The third-order valence-corrected chi connectivity index (χ3v) is 5.87. The summed E-state index contributed by atoms with van der Waals surface area (Å²) in [5, 5.41) is 8.91. The molecule has 0 saturated heterocycles. The first-order valence-corrected chi connectivity index (χ1v) is 7.97. The van der Waals surface area contributed by atoms with Gasteiger partial charge in [0.25, 0.3) is 0 Å². The van der Waals surface area contributed by atoms with E-state index in [-0.39, 0.29) is 9.77 Å². The van der Waals surface area contributed by atoms with Crippen molar-refractivity contribution < 1.29 is 23.1 Å². The van der Waals surface area contributed by atoms with E-state index in [1.165, 1.54) is 6.92 Å². The predicted molar refractivity (Wildman–Crippen MR) is 74.2 cm³/mol. The number of hydrogen-bond acceptors (Lipinski definition) is 5. The van der Waals surface area contributed by atoms with E-state index in [0.29, 0.717) is 4.88 Å². The Bertz CT molecular complexity index is 633. The number of rotatable bonds is 6. The molecular formula is C11H16N2O5S2. The second-order valence-electron chi connectivity index (χ2n) is 4.45. The van der Waals surface area contributed by atoms with Crippen LogP contribution in [0.25, 0.3) is 0 Å². The smallest absolute Gasteiger partial charge is 0.345 e. The van der Waals surface area contributed by atoms with Gasteiger partial charge in [-0.2, -0.15) is 4.31 Å². The van der Waals surface area contributed by atoms with Crippen LogP contribution in [0.4, 0.5) is 0 Å². The Hall–Kier alpha value is -1.45. The molecule has 0 unspecified atom stereocenters. The highest BCUT2D eigenvalue weighted by Crippen LogP contribution is 2.29. The van der Waals surface area contributed by atoms with Gasteiger partial charge < -0.3 is 10.8 Å². The van der Waals surface area contributed by atoms with Crippen molar-refractivity contribution in [3.8, 4) is 0 Å². The fourth-order valence-corrected chi connectivity index (χ4v) is 4.66. The number of aromatic carboxylic acids is 1. The van der Waals surface area contributed by atoms with Crippen molar-refractivity contribution in [2.75, 3.05) is 6.54 Å². The molecule has 1 amide bonds. The lowest BCUT2D eigenvalue weighted by atomic mass is 10.4. The highest BCUT2D eigenvalue weighted by molar-refractivity contribution is 7.89. The number of carboxylic acids is 1. The van der Waals surface area contributed by atoms with Crippen molar-refractivity contribution >= 4 is 33.2 Å². The second kappa shape index (κ2) is 5.90. The van der Waals surface area contributed by atoms with Crippen molar-refractivity contribution in [3.05, 3.63) is 15.8 Å². The minimum absolute atomic E-state index is 0.0659. The van der Waals surface area contributed by atoms with Crippen LogP contribution in [-0.2, 0) is 14.8 Å². The number of carbonyl (C=O) groups is 2. The zero-order valence-corrected chi connectivity index (χ0v) is 12.9. The molecule has 112 valence electrons. The third kappa shape index (κ3) is 3.35. The maximum atomic E-state index is 12.5. The fourth-order valence-electron chi connectivity index (χ4n) is 1.65. The summed E-state index contributed by atoms with van der Waals surface area (Å²) in [6.07, 6.45) is 0. The molecule has 0 aliphatic rings. The van der Waals surface area contributed by atoms with Crippen molar-refractivity contribution in [1.82, 2.24) is 4.31 Å². The number of hydrogen-bond donors (Lipinski definition) is 2. The highest BCUT2D eigenvalue weighted by Gasteiger charge is 2.31.